The number of carbonyl (C=O) groups is 3. The Morgan fingerprint density at radius 3 is 2.22 bits per heavy atom. The van der Waals surface area contributed by atoms with Crippen LogP contribution in [0.15, 0.2) is 36.4 Å². The first kappa shape index (κ1) is 16.5. The highest BCUT2D eigenvalue weighted by Gasteiger charge is 2.66. The van der Waals surface area contributed by atoms with Crippen LogP contribution < -0.4 is 10.1 Å². The first-order valence-electron chi connectivity index (χ1n) is 9.56. The second kappa shape index (κ2) is 5.94. The molecule has 2 bridgehead atoms. The summed E-state index contributed by atoms with van der Waals surface area (Å²) in [6, 6.07) is 7.05. The van der Waals surface area contributed by atoms with E-state index in [9.17, 15) is 14.4 Å². The van der Waals surface area contributed by atoms with E-state index in [0.717, 1.165) is 6.42 Å². The average molecular weight is 366 g/mol. The lowest BCUT2D eigenvalue weighted by atomic mass is 9.63. The van der Waals surface area contributed by atoms with Gasteiger partial charge in [0.1, 0.15) is 5.75 Å². The van der Waals surface area contributed by atoms with Gasteiger partial charge in [-0.2, -0.15) is 0 Å². The Balaban J connectivity index is 1.22. The Morgan fingerprint density at radius 1 is 1.07 bits per heavy atom. The topological polar surface area (TPSA) is 75.7 Å². The number of allylic oxidation sites excluding steroid dienone is 2. The van der Waals surface area contributed by atoms with Crippen LogP contribution in [0.1, 0.15) is 12.8 Å². The Bertz CT molecular complexity index is 810. The van der Waals surface area contributed by atoms with Crippen molar-refractivity contribution < 1.29 is 19.1 Å². The minimum absolute atomic E-state index is 0.0769. The van der Waals surface area contributed by atoms with Gasteiger partial charge in [0.05, 0.1) is 18.9 Å². The molecule has 6 atom stereocenters. The molecule has 6 nitrogen and oxygen atoms in total. The predicted molar refractivity (Wildman–Crippen MR) is 97.7 cm³/mol. The van der Waals surface area contributed by atoms with Gasteiger partial charge >= 0.3 is 0 Å². The molecule has 0 aromatic heterocycles. The number of hydrogen-bond acceptors (Lipinski definition) is 4. The molecule has 1 N–H and O–H groups in total. The third kappa shape index (κ3) is 2.50. The van der Waals surface area contributed by atoms with E-state index in [0.29, 0.717) is 23.3 Å². The van der Waals surface area contributed by atoms with E-state index in [1.807, 2.05) is 0 Å². The SMILES string of the molecule is COc1ccc(NC(=O)CCN2C(=O)[C@H]3[C@@H]4C=C[C@H]([C@H]5C[C@H]45)[C@@H]3C2=O)cc1. The summed E-state index contributed by atoms with van der Waals surface area (Å²) in [6.45, 7) is 0.154. The summed E-state index contributed by atoms with van der Waals surface area (Å²) in [5.74, 6) is 1.59. The minimum atomic E-state index is -0.209. The lowest BCUT2D eigenvalue weighted by Gasteiger charge is -2.37. The zero-order chi connectivity index (χ0) is 18.7. The van der Waals surface area contributed by atoms with Crippen LogP contribution in [0, 0.1) is 35.5 Å². The summed E-state index contributed by atoms with van der Waals surface area (Å²) < 4.78 is 5.09. The third-order valence-corrected chi connectivity index (χ3v) is 6.69. The summed E-state index contributed by atoms with van der Waals surface area (Å²) in [6.07, 6.45) is 5.58. The number of ether oxygens (including phenoxy) is 1. The van der Waals surface area contributed by atoms with Crippen molar-refractivity contribution in [3.05, 3.63) is 36.4 Å². The first-order chi connectivity index (χ1) is 13.1. The maximum Gasteiger partial charge on any atom is 0.233 e. The predicted octanol–water partition coefficient (Wildman–Crippen LogP) is 2.08. The highest BCUT2D eigenvalue weighted by Crippen LogP contribution is 2.65. The van der Waals surface area contributed by atoms with Gasteiger partial charge in [0, 0.05) is 18.7 Å². The van der Waals surface area contributed by atoms with Gasteiger partial charge in [-0.05, 0) is 54.4 Å². The largest absolute Gasteiger partial charge is 0.497 e. The van der Waals surface area contributed by atoms with Crippen LogP contribution in [0.3, 0.4) is 0 Å². The van der Waals surface area contributed by atoms with Crippen molar-refractivity contribution in [2.45, 2.75) is 12.8 Å². The lowest BCUT2D eigenvalue weighted by molar-refractivity contribution is -0.140. The van der Waals surface area contributed by atoms with Gasteiger partial charge in [0.25, 0.3) is 0 Å². The number of imide groups is 1. The van der Waals surface area contributed by atoms with Crippen LogP contribution >= 0.6 is 0 Å². The Hall–Kier alpha value is -2.63. The molecule has 3 fully saturated rings. The fourth-order valence-electron chi connectivity index (χ4n) is 5.35. The number of nitrogens with zero attached hydrogens (tertiary/aromatic N) is 1. The maximum absolute atomic E-state index is 12.9. The molecule has 1 saturated heterocycles. The molecule has 1 aromatic rings. The molecule has 1 aliphatic heterocycles. The van der Waals surface area contributed by atoms with Crippen LogP contribution in [0.4, 0.5) is 5.69 Å². The molecule has 6 rings (SSSR count). The molecular formula is C21H22N2O4. The summed E-state index contributed by atoms with van der Waals surface area (Å²) in [4.78, 5) is 39.3. The Kier molecular flexibility index (Phi) is 3.64. The monoisotopic (exact) mass is 366 g/mol. The number of nitrogens with one attached hydrogen (secondary N) is 1. The van der Waals surface area contributed by atoms with Gasteiger partial charge in [0.15, 0.2) is 0 Å². The standard InChI is InChI=1S/C21H22N2O4/c1-27-12-4-2-11(3-5-12)22-17(24)8-9-23-20(25)18-13-6-7-14(16-10-15(13)16)19(18)21(23)26/h2-7,13-16,18-19H,8-10H2,1H3,(H,22,24)/t13-,14-,15-,16-,18+,19+/m1/s1. The molecule has 3 amide bonds. The third-order valence-electron chi connectivity index (χ3n) is 6.69. The van der Waals surface area contributed by atoms with Crippen molar-refractivity contribution in [3.8, 4) is 5.75 Å². The Labute approximate surface area is 157 Å². The van der Waals surface area contributed by atoms with Crippen molar-refractivity contribution >= 4 is 23.4 Å². The number of hydrogen-bond donors (Lipinski definition) is 1. The van der Waals surface area contributed by atoms with Crippen molar-refractivity contribution in [2.24, 2.45) is 35.5 Å². The van der Waals surface area contributed by atoms with Crippen molar-refractivity contribution in [3.63, 3.8) is 0 Å². The molecule has 0 unspecified atom stereocenters. The van der Waals surface area contributed by atoms with Crippen LogP contribution in [0.25, 0.3) is 0 Å². The lowest BCUT2D eigenvalue weighted by Crippen LogP contribution is -2.40. The zero-order valence-electron chi connectivity index (χ0n) is 15.1. The maximum atomic E-state index is 12.9. The van der Waals surface area contributed by atoms with Crippen molar-refractivity contribution in [1.82, 2.24) is 4.90 Å². The fourth-order valence-corrected chi connectivity index (χ4v) is 5.35. The molecule has 27 heavy (non-hydrogen) atoms. The molecule has 1 aromatic carbocycles. The van der Waals surface area contributed by atoms with Crippen molar-refractivity contribution in [2.75, 3.05) is 19.0 Å². The number of anilines is 1. The molecule has 4 aliphatic carbocycles. The fraction of sp³-hybridized carbons (Fsp3) is 0.476. The second-order valence-corrected chi connectivity index (χ2v) is 8.01. The van der Waals surface area contributed by atoms with Gasteiger partial charge in [-0.3, -0.25) is 19.3 Å². The second-order valence-electron chi connectivity index (χ2n) is 8.01. The smallest absolute Gasteiger partial charge is 0.233 e. The number of methoxy groups -OCH3 is 1. The van der Waals surface area contributed by atoms with Crippen LogP contribution in [-0.4, -0.2) is 36.3 Å². The van der Waals surface area contributed by atoms with Crippen molar-refractivity contribution in [1.29, 1.82) is 0 Å². The number of likely N-dealkylation sites (tertiary alicyclic amines) is 1. The van der Waals surface area contributed by atoms with Crippen LogP contribution in [0.5, 0.6) is 5.75 Å². The molecule has 2 saturated carbocycles. The number of amides is 3. The first-order valence-corrected chi connectivity index (χ1v) is 9.56. The van der Waals surface area contributed by atoms with E-state index >= 15 is 0 Å². The van der Waals surface area contributed by atoms with E-state index < -0.39 is 0 Å². The van der Waals surface area contributed by atoms with Crippen LogP contribution in [0.2, 0.25) is 0 Å². The number of carbonyl (C=O) groups excluding carboxylic acids is 3. The van der Waals surface area contributed by atoms with E-state index in [1.165, 1.54) is 4.90 Å². The zero-order valence-corrected chi connectivity index (χ0v) is 15.1. The molecule has 140 valence electrons. The highest BCUT2D eigenvalue weighted by molar-refractivity contribution is 6.06. The van der Waals surface area contributed by atoms with Gasteiger partial charge in [-0.15, -0.1) is 0 Å². The van der Waals surface area contributed by atoms with E-state index in [1.54, 1.807) is 31.4 Å². The Morgan fingerprint density at radius 2 is 1.67 bits per heavy atom. The molecule has 6 heteroatoms. The summed E-state index contributed by atoms with van der Waals surface area (Å²) in [5, 5.41) is 2.80. The van der Waals surface area contributed by atoms with Gasteiger partial charge in [-0.25, -0.2) is 0 Å². The van der Waals surface area contributed by atoms with E-state index in [2.05, 4.69) is 17.5 Å². The van der Waals surface area contributed by atoms with Crippen LogP contribution in [-0.2, 0) is 14.4 Å². The van der Waals surface area contributed by atoms with E-state index in [-0.39, 0.29) is 54.4 Å². The van der Waals surface area contributed by atoms with Gasteiger partial charge in [-0.1, -0.05) is 12.2 Å². The molecule has 0 radical (unpaired) electrons. The minimum Gasteiger partial charge on any atom is -0.497 e. The molecule has 0 spiro atoms. The molecule has 1 heterocycles. The number of benzene rings is 1. The molecule has 5 aliphatic rings. The quantitative estimate of drug-likeness (QED) is 0.639. The van der Waals surface area contributed by atoms with E-state index in [4.69, 9.17) is 4.74 Å². The number of rotatable bonds is 5. The van der Waals surface area contributed by atoms with Gasteiger partial charge in [0.2, 0.25) is 17.7 Å². The molecular weight excluding hydrogens is 344 g/mol. The summed E-state index contributed by atoms with van der Waals surface area (Å²) in [5.41, 5.74) is 0.663. The highest BCUT2D eigenvalue weighted by atomic mass is 16.5. The normalized spacial score (nSPS) is 35.1. The summed E-state index contributed by atoms with van der Waals surface area (Å²) >= 11 is 0. The summed E-state index contributed by atoms with van der Waals surface area (Å²) in [7, 11) is 1.58. The van der Waals surface area contributed by atoms with Gasteiger partial charge < -0.3 is 10.1 Å². The average Bonchev–Trinajstić information content (AvgIpc) is 3.46.